The molecule has 0 spiro atoms. The highest BCUT2D eigenvalue weighted by molar-refractivity contribution is 5.85. The van der Waals surface area contributed by atoms with E-state index < -0.39 is 11.7 Å². The van der Waals surface area contributed by atoms with Gasteiger partial charge in [-0.3, -0.25) is 4.79 Å². The lowest BCUT2D eigenvalue weighted by atomic mass is 9.81. The van der Waals surface area contributed by atoms with Crippen molar-refractivity contribution in [1.29, 1.82) is 0 Å². The van der Waals surface area contributed by atoms with Crippen LogP contribution >= 0.6 is 12.4 Å². The fourth-order valence-corrected chi connectivity index (χ4v) is 3.01. The minimum atomic E-state index is -4.36. The molecule has 142 valence electrons. The molecule has 0 aromatic heterocycles. The molecule has 1 heterocycles. The second-order valence-corrected chi connectivity index (χ2v) is 7.07. The van der Waals surface area contributed by atoms with Gasteiger partial charge in [0.25, 0.3) is 0 Å². The SMILES string of the molecule is CC(CC(=O)NCC1(C)CCNCC1)c1cccc(C(F)(F)F)c1.Cl. The molecule has 1 amide bonds. The van der Waals surface area contributed by atoms with Gasteiger partial charge in [-0.25, -0.2) is 0 Å². The van der Waals surface area contributed by atoms with Gasteiger partial charge in [-0.15, -0.1) is 12.4 Å². The van der Waals surface area contributed by atoms with Crippen LogP contribution in [0, 0.1) is 5.41 Å². The quantitative estimate of drug-likeness (QED) is 0.809. The molecule has 7 heteroatoms. The van der Waals surface area contributed by atoms with Gasteiger partial charge >= 0.3 is 6.18 Å². The van der Waals surface area contributed by atoms with Crippen molar-refractivity contribution in [3.05, 3.63) is 35.4 Å². The minimum absolute atomic E-state index is 0. The van der Waals surface area contributed by atoms with Gasteiger partial charge in [0.15, 0.2) is 0 Å². The second kappa shape index (κ2) is 8.90. The number of benzene rings is 1. The predicted octanol–water partition coefficient (Wildman–Crippen LogP) is 4.13. The molecule has 1 aliphatic rings. The van der Waals surface area contributed by atoms with E-state index >= 15 is 0 Å². The van der Waals surface area contributed by atoms with Crippen LogP contribution < -0.4 is 10.6 Å². The molecule has 1 aliphatic heterocycles. The van der Waals surface area contributed by atoms with Crippen LogP contribution in [0.4, 0.5) is 13.2 Å². The molecular formula is C18H26ClF3N2O. The zero-order valence-electron chi connectivity index (χ0n) is 14.6. The van der Waals surface area contributed by atoms with Gasteiger partial charge in [-0.05, 0) is 48.9 Å². The number of carbonyl (C=O) groups is 1. The summed E-state index contributed by atoms with van der Waals surface area (Å²) >= 11 is 0. The molecule has 0 aliphatic carbocycles. The fraction of sp³-hybridized carbons (Fsp3) is 0.611. The monoisotopic (exact) mass is 378 g/mol. The number of piperidine rings is 1. The second-order valence-electron chi connectivity index (χ2n) is 7.07. The van der Waals surface area contributed by atoms with Crippen molar-refractivity contribution >= 4 is 18.3 Å². The molecule has 1 aromatic carbocycles. The Balaban J connectivity index is 0.00000312. The Morgan fingerprint density at radius 3 is 2.56 bits per heavy atom. The van der Waals surface area contributed by atoms with Crippen LogP contribution in [0.3, 0.4) is 0 Å². The van der Waals surface area contributed by atoms with Crippen LogP contribution in [0.15, 0.2) is 24.3 Å². The molecule has 2 N–H and O–H groups in total. The van der Waals surface area contributed by atoms with Crippen LogP contribution in [0.1, 0.15) is 50.2 Å². The summed E-state index contributed by atoms with van der Waals surface area (Å²) in [5.41, 5.74) is -0.0390. The lowest BCUT2D eigenvalue weighted by Gasteiger charge is -2.34. The molecule has 1 unspecified atom stereocenters. The Kier molecular flexibility index (Phi) is 7.75. The van der Waals surface area contributed by atoms with Crippen molar-refractivity contribution in [3.8, 4) is 0 Å². The number of nitrogens with one attached hydrogen (secondary N) is 2. The summed E-state index contributed by atoms with van der Waals surface area (Å²) in [6.45, 7) is 6.45. The van der Waals surface area contributed by atoms with Crippen LogP contribution in [0.5, 0.6) is 0 Å². The predicted molar refractivity (Wildman–Crippen MR) is 94.9 cm³/mol. The van der Waals surface area contributed by atoms with Crippen LogP contribution in [0.25, 0.3) is 0 Å². The van der Waals surface area contributed by atoms with E-state index in [1.807, 2.05) is 0 Å². The first-order chi connectivity index (χ1) is 11.2. The average molecular weight is 379 g/mol. The van der Waals surface area contributed by atoms with E-state index in [-0.39, 0.29) is 36.1 Å². The molecule has 2 rings (SSSR count). The van der Waals surface area contributed by atoms with Gasteiger partial charge in [-0.1, -0.05) is 32.0 Å². The van der Waals surface area contributed by atoms with Crippen LogP contribution in [-0.2, 0) is 11.0 Å². The van der Waals surface area contributed by atoms with Crippen molar-refractivity contribution in [1.82, 2.24) is 10.6 Å². The highest BCUT2D eigenvalue weighted by atomic mass is 35.5. The highest BCUT2D eigenvalue weighted by Gasteiger charge is 2.31. The van der Waals surface area contributed by atoms with E-state index in [9.17, 15) is 18.0 Å². The molecule has 1 fully saturated rings. The van der Waals surface area contributed by atoms with Crippen molar-refractivity contribution in [2.24, 2.45) is 5.41 Å². The van der Waals surface area contributed by atoms with E-state index in [0.717, 1.165) is 38.1 Å². The molecule has 0 bridgehead atoms. The van der Waals surface area contributed by atoms with E-state index in [1.54, 1.807) is 13.0 Å². The summed E-state index contributed by atoms with van der Waals surface area (Å²) in [7, 11) is 0. The zero-order chi connectivity index (χ0) is 17.8. The zero-order valence-corrected chi connectivity index (χ0v) is 15.4. The topological polar surface area (TPSA) is 41.1 Å². The number of amides is 1. The number of rotatable bonds is 5. The summed E-state index contributed by atoms with van der Waals surface area (Å²) in [5.74, 6) is -0.368. The molecule has 1 atom stereocenters. The molecule has 0 radical (unpaired) electrons. The summed E-state index contributed by atoms with van der Waals surface area (Å²) < 4.78 is 38.3. The van der Waals surface area contributed by atoms with E-state index in [4.69, 9.17) is 0 Å². The molecular weight excluding hydrogens is 353 g/mol. The lowest BCUT2D eigenvalue weighted by Crippen LogP contribution is -2.43. The summed E-state index contributed by atoms with van der Waals surface area (Å²) in [6, 6.07) is 5.21. The standard InChI is InChI=1S/C18H25F3N2O.ClH/c1-13(14-4-3-5-15(11-14)18(19,20)21)10-16(24)23-12-17(2)6-8-22-9-7-17;/h3-5,11,13,22H,6-10,12H2,1-2H3,(H,23,24);1H. The molecule has 1 aromatic rings. The molecule has 1 saturated heterocycles. The van der Waals surface area contributed by atoms with Gasteiger partial charge in [0.05, 0.1) is 5.56 Å². The van der Waals surface area contributed by atoms with Crippen molar-refractivity contribution in [3.63, 3.8) is 0 Å². The highest BCUT2D eigenvalue weighted by Crippen LogP contribution is 2.32. The van der Waals surface area contributed by atoms with Crippen molar-refractivity contribution in [2.75, 3.05) is 19.6 Å². The lowest BCUT2D eigenvalue weighted by molar-refractivity contribution is -0.137. The fourth-order valence-electron chi connectivity index (χ4n) is 3.01. The smallest absolute Gasteiger partial charge is 0.356 e. The first-order valence-corrected chi connectivity index (χ1v) is 8.34. The van der Waals surface area contributed by atoms with Crippen LogP contribution in [0.2, 0.25) is 0 Å². The third-order valence-corrected chi connectivity index (χ3v) is 4.80. The normalized spacial score (nSPS) is 18.1. The van der Waals surface area contributed by atoms with Gasteiger partial charge in [0.2, 0.25) is 5.91 Å². The number of hydrogen-bond donors (Lipinski definition) is 2. The van der Waals surface area contributed by atoms with E-state index in [0.29, 0.717) is 12.1 Å². The van der Waals surface area contributed by atoms with Crippen molar-refractivity contribution < 1.29 is 18.0 Å². The van der Waals surface area contributed by atoms with Crippen LogP contribution in [-0.4, -0.2) is 25.5 Å². The summed E-state index contributed by atoms with van der Waals surface area (Å²) in [5, 5.41) is 6.24. The average Bonchev–Trinajstić information content (AvgIpc) is 2.53. The largest absolute Gasteiger partial charge is 0.416 e. The summed E-state index contributed by atoms with van der Waals surface area (Å²) in [4.78, 5) is 12.1. The summed E-state index contributed by atoms with van der Waals surface area (Å²) in [6.07, 6.45) is -2.15. The Hall–Kier alpha value is -1.27. The first kappa shape index (κ1) is 21.8. The van der Waals surface area contributed by atoms with E-state index in [1.165, 1.54) is 6.07 Å². The Labute approximate surface area is 153 Å². The van der Waals surface area contributed by atoms with Gasteiger partial charge < -0.3 is 10.6 Å². The van der Waals surface area contributed by atoms with Gasteiger partial charge in [-0.2, -0.15) is 13.2 Å². The van der Waals surface area contributed by atoms with Crippen molar-refractivity contribution in [2.45, 2.75) is 45.2 Å². The minimum Gasteiger partial charge on any atom is -0.356 e. The first-order valence-electron chi connectivity index (χ1n) is 8.34. The molecule has 25 heavy (non-hydrogen) atoms. The maximum absolute atomic E-state index is 12.8. The third-order valence-electron chi connectivity index (χ3n) is 4.80. The Bertz CT molecular complexity index is 572. The number of alkyl halides is 3. The Morgan fingerprint density at radius 2 is 1.96 bits per heavy atom. The number of hydrogen-bond acceptors (Lipinski definition) is 2. The van der Waals surface area contributed by atoms with E-state index in [2.05, 4.69) is 17.6 Å². The number of carbonyl (C=O) groups excluding carboxylic acids is 1. The molecule has 0 saturated carbocycles. The maximum atomic E-state index is 12.8. The third kappa shape index (κ3) is 6.51. The maximum Gasteiger partial charge on any atom is 0.416 e. The number of halogens is 4. The van der Waals surface area contributed by atoms with Gasteiger partial charge in [0.1, 0.15) is 0 Å². The molecule has 3 nitrogen and oxygen atoms in total. The van der Waals surface area contributed by atoms with Gasteiger partial charge in [0, 0.05) is 13.0 Å². The Morgan fingerprint density at radius 1 is 1.32 bits per heavy atom.